The van der Waals surface area contributed by atoms with Gasteiger partial charge in [-0.15, -0.1) is 0 Å². The second-order valence-corrected chi connectivity index (χ2v) is 4.91. The van der Waals surface area contributed by atoms with E-state index in [0.717, 1.165) is 13.1 Å². The molecule has 0 spiro atoms. The predicted octanol–water partition coefficient (Wildman–Crippen LogP) is 2.17. The fourth-order valence-electron chi connectivity index (χ4n) is 2.68. The van der Waals surface area contributed by atoms with Crippen LogP contribution in [-0.4, -0.2) is 25.7 Å². The van der Waals surface area contributed by atoms with Crippen molar-refractivity contribution in [2.45, 2.75) is 26.7 Å². The number of ether oxygens (including phenoxy) is 1. The molecule has 98 valence electrons. The molecule has 0 radical (unpaired) electrons. The van der Waals surface area contributed by atoms with Crippen LogP contribution in [0, 0.1) is 19.8 Å². The highest BCUT2D eigenvalue weighted by atomic mass is 16.5. The van der Waals surface area contributed by atoms with Gasteiger partial charge in [-0.1, -0.05) is 18.2 Å². The second-order valence-electron chi connectivity index (χ2n) is 4.91. The number of hydrogen-bond donors (Lipinski definition) is 1. The monoisotopic (exact) mass is 247 g/mol. The Morgan fingerprint density at radius 3 is 2.89 bits per heavy atom. The normalized spacial score (nSPS) is 23.1. The van der Waals surface area contributed by atoms with Crippen molar-refractivity contribution in [3.05, 3.63) is 34.9 Å². The lowest BCUT2D eigenvalue weighted by Gasteiger charge is -2.20. The summed E-state index contributed by atoms with van der Waals surface area (Å²) in [6, 6.07) is 6.31. The molecule has 1 fully saturated rings. The number of nitrogens with one attached hydrogen (secondary N) is 1. The molecule has 0 amide bonds. The Labute approximate surface area is 109 Å². The fraction of sp³-hybridized carbons (Fsp3) is 0.533. The van der Waals surface area contributed by atoms with E-state index in [-0.39, 0.29) is 17.8 Å². The first-order valence-electron chi connectivity index (χ1n) is 6.58. The average molecular weight is 247 g/mol. The Hall–Kier alpha value is -1.35. The van der Waals surface area contributed by atoms with Gasteiger partial charge in [0.2, 0.25) is 0 Å². The molecule has 3 nitrogen and oxygen atoms in total. The predicted molar refractivity (Wildman–Crippen MR) is 71.6 cm³/mol. The summed E-state index contributed by atoms with van der Waals surface area (Å²) in [5.41, 5.74) is 3.85. The molecule has 1 saturated heterocycles. The fourth-order valence-corrected chi connectivity index (χ4v) is 2.68. The molecule has 0 bridgehead atoms. The topological polar surface area (TPSA) is 38.3 Å². The summed E-state index contributed by atoms with van der Waals surface area (Å²) in [6.45, 7) is 8.12. The lowest BCUT2D eigenvalue weighted by molar-refractivity contribution is -0.147. The number of benzene rings is 1. The van der Waals surface area contributed by atoms with Crippen molar-refractivity contribution < 1.29 is 9.53 Å². The van der Waals surface area contributed by atoms with Gasteiger partial charge in [-0.25, -0.2) is 0 Å². The van der Waals surface area contributed by atoms with Gasteiger partial charge < -0.3 is 10.1 Å². The minimum atomic E-state index is -0.0755. The van der Waals surface area contributed by atoms with Gasteiger partial charge in [-0.3, -0.25) is 4.79 Å². The van der Waals surface area contributed by atoms with Crippen molar-refractivity contribution in [2.24, 2.45) is 5.92 Å². The molecule has 1 aliphatic rings. The zero-order valence-corrected chi connectivity index (χ0v) is 11.3. The number of carbonyl (C=O) groups is 1. The average Bonchev–Trinajstić information content (AvgIpc) is 2.82. The van der Waals surface area contributed by atoms with Gasteiger partial charge in [0.1, 0.15) is 0 Å². The van der Waals surface area contributed by atoms with Crippen LogP contribution < -0.4 is 5.32 Å². The third-order valence-corrected chi connectivity index (χ3v) is 3.85. The molecule has 1 aromatic carbocycles. The van der Waals surface area contributed by atoms with E-state index in [9.17, 15) is 4.79 Å². The third-order valence-electron chi connectivity index (χ3n) is 3.85. The molecule has 1 N–H and O–H groups in total. The van der Waals surface area contributed by atoms with Crippen LogP contribution in [0.1, 0.15) is 29.5 Å². The number of rotatable bonds is 3. The molecule has 3 heteroatoms. The van der Waals surface area contributed by atoms with E-state index in [2.05, 4.69) is 37.4 Å². The van der Waals surface area contributed by atoms with Crippen LogP contribution in [0.2, 0.25) is 0 Å². The molecule has 2 unspecified atom stereocenters. The molecule has 0 saturated carbocycles. The molecular weight excluding hydrogens is 226 g/mol. The SMILES string of the molecule is CCOC(=O)C1CNCC1c1cccc(C)c1C. The summed E-state index contributed by atoms with van der Waals surface area (Å²) in [5, 5.41) is 3.31. The maximum atomic E-state index is 12.0. The van der Waals surface area contributed by atoms with Gasteiger partial charge in [0.25, 0.3) is 0 Å². The van der Waals surface area contributed by atoms with Crippen LogP contribution >= 0.6 is 0 Å². The van der Waals surface area contributed by atoms with Gasteiger partial charge >= 0.3 is 5.97 Å². The minimum Gasteiger partial charge on any atom is -0.466 e. The molecule has 18 heavy (non-hydrogen) atoms. The molecule has 1 aliphatic heterocycles. The van der Waals surface area contributed by atoms with Gasteiger partial charge in [0.05, 0.1) is 12.5 Å². The highest BCUT2D eigenvalue weighted by molar-refractivity contribution is 5.74. The summed E-state index contributed by atoms with van der Waals surface area (Å²) in [7, 11) is 0. The Bertz CT molecular complexity index is 442. The quantitative estimate of drug-likeness (QED) is 0.832. The zero-order chi connectivity index (χ0) is 13.1. The molecule has 1 heterocycles. The number of esters is 1. The van der Waals surface area contributed by atoms with E-state index >= 15 is 0 Å². The Kier molecular flexibility index (Phi) is 4.02. The zero-order valence-electron chi connectivity index (χ0n) is 11.3. The standard InChI is InChI=1S/C15H21NO2/c1-4-18-15(17)14-9-16-8-13(14)12-7-5-6-10(2)11(12)3/h5-7,13-14,16H,4,8-9H2,1-3H3. The first-order chi connectivity index (χ1) is 8.65. The van der Waals surface area contributed by atoms with Gasteiger partial charge in [-0.2, -0.15) is 0 Å². The van der Waals surface area contributed by atoms with Crippen molar-refractivity contribution in [2.75, 3.05) is 19.7 Å². The number of aryl methyl sites for hydroxylation is 1. The van der Waals surface area contributed by atoms with Crippen molar-refractivity contribution in [1.29, 1.82) is 0 Å². The van der Waals surface area contributed by atoms with Crippen LogP contribution in [-0.2, 0) is 9.53 Å². The first-order valence-corrected chi connectivity index (χ1v) is 6.58. The van der Waals surface area contributed by atoms with E-state index in [1.165, 1.54) is 16.7 Å². The van der Waals surface area contributed by atoms with Crippen molar-refractivity contribution >= 4 is 5.97 Å². The molecule has 2 rings (SSSR count). The molecule has 0 aromatic heterocycles. The maximum absolute atomic E-state index is 12.0. The number of carbonyl (C=O) groups excluding carboxylic acids is 1. The van der Waals surface area contributed by atoms with E-state index in [1.54, 1.807) is 0 Å². The smallest absolute Gasteiger partial charge is 0.310 e. The van der Waals surface area contributed by atoms with Gasteiger partial charge in [0.15, 0.2) is 0 Å². The third kappa shape index (κ3) is 2.41. The van der Waals surface area contributed by atoms with E-state index in [1.807, 2.05) is 6.92 Å². The van der Waals surface area contributed by atoms with Crippen molar-refractivity contribution in [3.8, 4) is 0 Å². The van der Waals surface area contributed by atoms with E-state index in [4.69, 9.17) is 4.74 Å². The highest BCUT2D eigenvalue weighted by Crippen LogP contribution is 2.32. The minimum absolute atomic E-state index is 0.0505. The Morgan fingerprint density at radius 2 is 2.17 bits per heavy atom. The number of hydrogen-bond acceptors (Lipinski definition) is 3. The summed E-state index contributed by atoms with van der Waals surface area (Å²) in [5.74, 6) is 0.114. The Balaban J connectivity index is 2.26. The van der Waals surface area contributed by atoms with Crippen LogP contribution in [0.25, 0.3) is 0 Å². The van der Waals surface area contributed by atoms with E-state index in [0.29, 0.717) is 6.61 Å². The highest BCUT2D eigenvalue weighted by Gasteiger charge is 2.35. The molecule has 2 atom stereocenters. The van der Waals surface area contributed by atoms with Crippen LogP contribution in [0.4, 0.5) is 0 Å². The van der Waals surface area contributed by atoms with Crippen LogP contribution in [0.5, 0.6) is 0 Å². The van der Waals surface area contributed by atoms with Crippen LogP contribution in [0.3, 0.4) is 0 Å². The van der Waals surface area contributed by atoms with Gasteiger partial charge in [-0.05, 0) is 37.5 Å². The molecule has 1 aromatic rings. The van der Waals surface area contributed by atoms with Crippen LogP contribution in [0.15, 0.2) is 18.2 Å². The second kappa shape index (κ2) is 5.53. The first kappa shape index (κ1) is 13.1. The lowest BCUT2D eigenvalue weighted by atomic mass is 9.85. The summed E-state index contributed by atoms with van der Waals surface area (Å²) >= 11 is 0. The van der Waals surface area contributed by atoms with Gasteiger partial charge in [0, 0.05) is 19.0 Å². The molecular formula is C15H21NO2. The summed E-state index contributed by atoms with van der Waals surface area (Å²) < 4.78 is 5.17. The molecule has 0 aliphatic carbocycles. The lowest BCUT2D eigenvalue weighted by Crippen LogP contribution is -2.24. The summed E-state index contributed by atoms with van der Waals surface area (Å²) in [6.07, 6.45) is 0. The maximum Gasteiger partial charge on any atom is 0.310 e. The largest absolute Gasteiger partial charge is 0.466 e. The Morgan fingerprint density at radius 1 is 1.39 bits per heavy atom. The summed E-state index contributed by atoms with van der Waals surface area (Å²) in [4.78, 5) is 12.0. The van der Waals surface area contributed by atoms with Crippen molar-refractivity contribution in [1.82, 2.24) is 5.32 Å². The van der Waals surface area contributed by atoms with E-state index < -0.39 is 0 Å². The van der Waals surface area contributed by atoms with Crippen molar-refractivity contribution in [3.63, 3.8) is 0 Å².